The van der Waals surface area contributed by atoms with Crippen molar-refractivity contribution in [1.82, 2.24) is 0 Å². The maximum absolute atomic E-state index is 12.8. The number of unbranched alkanes of at least 4 members (excludes halogenated alkanes) is 26. The maximum atomic E-state index is 12.8. The Labute approximate surface area is 457 Å². The largest absolute Gasteiger partial charge is 0.462 e. The van der Waals surface area contributed by atoms with Gasteiger partial charge in [0.1, 0.15) is 13.2 Å². The Hall–Kier alpha value is -3.93. The molecular weight excluding hydrogens is 913 g/mol. The van der Waals surface area contributed by atoms with Crippen LogP contribution in [0.15, 0.2) is 109 Å². The average molecular weight is 1030 g/mol. The molecule has 0 N–H and O–H groups in total. The first-order valence-electron chi connectivity index (χ1n) is 30.9. The highest BCUT2D eigenvalue weighted by Gasteiger charge is 2.19. The van der Waals surface area contributed by atoms with Gasteiger partial charge in [-0.15, -0.1) is 0 Å². The van der Waals surface area contributed by atoms with Crippen LogP contribution in [0, 0.1) is 0 Å². The lowest BCUT2D eigenvalue weighted by Gasteiger charge is -2.18. The molecular formula is C68H114O6. The average Bonchev–Trinajstić information content (AvgIpc) is 3.40. The molecule has 0 aromatic carbocycles. The summed E-state index contributed by atoms with van der Waals surface area (Å²) in [6.07, 6.45) is 83.9. The van der Waals surface area contributed by atoms with Crippen molar-refractivity contribution in [1.29, 1.82) is 0 Å². The van der Waals surface area contributed by atoms with Gasteiger partial charge in [0.05, 0.1) is 0 Å². The van der Waals surface area contributed by atoms with Crippen LogP contribution >= 0.6 is 0 Å². The molecule has 6 nitrogen and oxygen atoms in total. The zero-order valence-corrected chi connectivity index (χ0v) is 48.3. The van der Waals surface area contributed by atoms with E-state index in [1.165, 1.54) is 122 Å². The molecule has 0 spiro atoms. The van der Waals surface area contributed by atoms with Crippen LogP contribution in [0.3, 0.4) is 0 Å². The number of ether oxygens (including phenoxy) is 3. The van der Waals surface area contributed by atoms with Gasteiger partial charge < -0.3 is 14.2 Å². The van der Waals surface area contributed by atoms with Crippen LogP contribution in [0.25, 0.3) is 0 Å². The minimum Gasteiger partial charge on any atom is -0.462 e. The molecule has 0 saturated heterocycles. The lowest BCUT2D eigenvalue weighted by molar-refractivity contribution is -0.167. The number of carbonyl (C=O) groups is 3. The van der Waals surface area contributed by atoms with Gasteiger partial charge in [-0.25, -0.2) is 0 Å². The van der Waals surface area contributed by atoms with Crippen molar-refractivity contribution >= 4 is 17.9 Å². The minimum absolute atomic E-state index is 0.0862. The molecule has 0 amide bonds. The van der Waals surface area contributed by atoms with Crippen LogP contribution < -0.4 is 0 Å². The molecule has 0 aromatic heterocycles. The van der Waals surface area contributed by atoms with Crippen LogP contribution in [-0.4, -0.2) is 37.2 Å². The summed E-state index contributed by atoms with van der Waals surface area (Å²) in [5.74, 6) is -0.915. The van der Waals surface area contributed by atoms with E-state index in [0.29, 0.717) is 19.3 Å². The fourth-order valence-corrected chi connectivity index (χ4v) is 8.39. The van der Waals surface area contributed by atoms with Crippen molar-refractivity contribution < 1.29 is 28.6 Å². The van der Waals surface area contributed by atoms with Gasteiger partial charge in [-0.3, -0.25) is 14.4 Å². The number of rotatable bonds is 55. The third kappa shape index (κ3) is 59.0. The summed E-state index contributed by atoms with van der Waals surface area (Å²) in [5, 5.41) is 0. The summed E-state index contributed by atoms with van der Waals surface area (Å²) in [7, 11) is 0. The number of hydrogen-bond donors (Lipinski definition) is 0. The maximum Gasteiger partial charge on any atom is 0.306 e. The molecule has 0 aliphatic carbocycles. The summed E-state index contributed by atoms with van der Waals surface area (Å²) in [6.45, 7) is 6.48. The van der Waals surface area contributed by atoms with Gasteiger partial charge in [0.2, 0.25) is 0 Å². The third-order valence-electron chi connectivity index (χ3n) is 13.0. The molecule has 422 valence electrons. The Morgan fingerprint density at radius 3 is 0.838 bits per heavy atom. The van der Waals surface area contributed by atoms with Crippen LogP contribution in [0.4, 0.5) is 0 Å². The van der Waals surface area contributed by atoms with E-state index in [1.54, 1.807) is 0 Å². The summed E-state index contributed by atoms with van der Waals surface area (Å²) >= 11 is 0. The molecule has 0 heterocycles. The SMILES string of the molecule is CC/C=C\C/C=C\C/C=C\C/C=C\C/C=C\C/C=C\C/C=C\C/C=C\CCCCCCC(=O)OCC(COC(=O)CCCCCCCCCC)OC(=O)CCCCCCCCCCC/C=C\CCCCCCCC. The first kappa shape index (κ1) is 70.1. The second-order valence-corrected chi connectivity index (χ2v) is 20.2. The van der Waals surface area contributed by atoms with E-state index in [0.717, 1.165) is 122 Å². The van der Waals surface area contributed by atoms with Crippen molar-refractivity contribution in [2.24, 2.45) is 0 Å². The van der Waals surface area contributed by atoms with Gasteiger partial charge in [0.15, 0.2) is 6.10 Å². The third-order valence-corrected chi connectivity index (χ3v) is 13.0. The van der Waals surface area contributed by atoms with E-state index >= 15 is 0 Å². The predicted octanol–water partition coefficient (Wildman–Crippen LogP) is 21.0. The zero-order valence-electron chi connectivity index (χ0n) is 48.3. The fraction of sp³-hybridized carbons (Fsp3) is 0.691. The van der Waals surface area contributed by atoms with Gasteiger partial charge in [-0.2, -0.15) is 0 Å². The highest BCUT2D eigenvalue weighted by molar-refractivity contribution is 5.71. The summed E-state index contributed by atoms with van der Waals surface area (Å²) < 4.78 is 16.8. The van der Waals surface area contributed by atoms with Crippen LogP contribution in [-0.2, 0) is 28.6 Å². The van der Waals surface area contributed by atoms with E-state index in [-0.39, 0.29) is 31.1 Å². The molecule has 0 rings (SSSR count). The van der Waals surface area contributed by atoms with Crippen LogP contribution in [0.1, 0.15) is 284 Å². The summed E-state index contributed by atoms with van der Waals surface area (Å²) in [5.41, 5.74) is 0. The summed E-state index contributed by atoms with van der Waals surface area (Å²) in [4.78, 5) is 38.1. The van der Waals surface area contributed by atoms with Crippen molar-refractivity contribution in [3.63, 3.8) is 0 Å². The Kier molecular flexibility index (Phi) is 58.3. The highest BCUT2D eigenvalue weighted by Crippen LogP contribution is 2.15. The van der Waals surface area contributed by atoms with E-state index in [1.807, 2.05) is 0 Å². The van der Waals surface area contributed by atoms with Gasteiger partial charge in [0.25, 0.3) is 0 Å². The molecule has 74 heavy (non-hydrogen) atoms. The van der Waals surface area contributed by atoms with Gasteiger partial charge in [-0.1, -0.05) is 265 Å². The Balaban J connectivity index is 4.27. The number of carbonyl (C=O) groups excluding carboxylic acids is 3. The Morgan fingerprint density at radius 2 is 0.527 bits per heavy atom. The van der Waals surface area contributed by atoms with Crippen LogP contribution in [0.2, 0.25) is 0 Å². The topological polar surface area (TPSA) is 78.9 Å². The molecule has 0 saturated carbocycles. The molecule has 6 heteroatoms. The monoisotopic (exact) mass is 1030 g/mol. The minimum atomic E-state index is -0.789. The van der Waals surface area contributed by atoms with Crippen molar-refractivity contribution in [2.75, 3.05) is 13.2 Å². The second kappa shape index (κ2) is 61.6. The summed E-state index contributed by atoms with van der Waals surface area (Å²) in [6, 6.07) is 0. The van der Waals surface area contributed by atoms with Crippen molar-refractivity contribution in [2.45, 2.75) is 290 Å². The number of esters is 3. The number of hydrogen-bond acceptors (Lipinski definition) is 6. The van der Waals surface area contributed by atoms with Gasteiger partial charge in [0, 0.05) is 19.3 Å². The fourth-order valence-electron chi connectivity index (χ4n) is 8.39. The molecule has 0 bridgehead atoms. The van der Waals surface area contributed by atoms with Crippen molar-refractivity contribution in [3.8, 4) is 0 Å². The Morgan fingerprint density at radius 1 is 0.284 bits per heavy atom. The Bertz CT molecular complexity index is 1510. The smallest absolute Gasteiger partial charge is 0.306 e. The first-order chi connectivity index (χ1) is 36.5. The van der Waals surface area contributed by atoms with Crippen molar-refractivity contribution in [3.05, 3.63) is 109 Å². The van der Waals surface area contributed by atoms with Gasteiger partial charge >= 0.3 is 17.9 Å². The quantitative estimate of drug-likeness (QED) is 0.0261. The van der Waals surface area contributed by atoms with E-state index in [9.17, 15) is 14.4 Å². The first-order valence-corrected chi connectivity index (χ1v) is 30.9. The molecule has 0 fully saturated rings. The lowest BCUT2D eigenvalue weighted by atomic mass is 10.1. The molecule has 0 radical (unpaired) electrons. The second-order valence-electron chi connectivity index (χ2n) is 20.2. The van der Waals surface area contributed by atoms with E-state index in [2.05, 4.69) is 130 Å². The highest BCUT2D eigenvalue weighted by atomic mass is 16.6. The molecule has 0 aliphatic rings. The lowest BCUT2D eigenvalue weighted by Crippen LogP contribution is -2.30. The molecule has 0 aromatic rings. The number of allylic oxidation sites excluding steroid dienone is 18. The standard InChI is InChI=1S/C68H114O6/c1-4-7-10-13-16-19-21-23-25-27-29-30-31-32-33-34-35-36-37-38-40-41-43-45-47-49-52-55-58-61-67(70)73-64-65(63-72-66(69)60-57-54-51-18-15-12-9-6-3)74-68(71)62-59-56-53-50-48-46-44-42-39-28-26-24-22-20-17-14-11-8-5-2/h7,10,16,19,23-26,29-30,32-33,35-36,38,40,43,45,65H,4-6,8-9,11-15,17-18,20-22,27-28,31,34,37,39,41-42,44,46-64H2,1-3H3/b10-7-,19-16-,25-23-,26-24-,30-29-,33-32-,36-35-,40-38-,45-43-. The van der Waals surface area contributed by atoms with Crippen LogP contribution in [0.5, 0.6) is 0 Å². The van der Waals surface area contributed by atoms with E-state index < -0.39 is 6.10 Å². The molecule has 1 unspecified atom stereocenters. The van der Waals surface area contributed by atoms with E-state index in [4.69, 9.17) is 14.2 Å². The molecule has 1 atom stereocenters. The zero-order chi connectivity index (χ0) is 53.6. The predicted molar refractivity (Wildman–Crippen MR) is 320 cm³/mol. The normalized spacial score (nSPS) is 12.9. The molecule has 0 aliphatic heterocycles. The van der Waals surface area contributed by atoms with Gasteiger partial charge in [-0.05, 0) is 109 Å².